The van der Waals surface area contributed by atoms with Crippen molar-refractivity contribution < 1.29 is 46.4 Å². The van der Waals surface area contributed by atoms with Crippen LogP contribution in [0.3, 0.4) is 0 Å². The topological polar surface area (TPSA) is 91.3 Å². The van der Waals surface area contributed by atoms with Crippen molar-refractivity contribution in [2.24, 2.45) is 5.92 Å². The highest BCUT2D eigenvalue weighted by atomic mass is 35.5. The number of hydrogen-bond donors (Lipinski definition) is 3. The molecule has 0 unspecified atom stereocenters. The van der Waals surface area contributed by atoms with Gasteiger partial charge in [-0.15, -0.1) is 0 Å². The third-order valence-corrected chi connectivity index (χ3v) is 11.2. The Morgan fingerprint density at radius 3 is 2.05 bits per heavy atom. The minimum absolute atomic E-state index is 0.0711. The number of hydrogen-bond acceptors (Lipinski definition) is 6. The van der Waals surface area contributed by atoms with Crippen LogP contribution in [0.5, 0.6) is 0 Å². The van der Waals surface area contributed by atoms with Crippen molar-refractivity contribution in [2.75, 3.05) is 19.6 Å². The van der Waals surface area contributed by atoms with Crippen LogP contribution in [0.25, 0.3) is 11.1 Å². The average Bonchev–Trinajstić information content (AvgIpc) is 3.23. The second-order valence-corrected chi connectivity index (χ2v) is 15.1. The maximum absolute atomic E-state index is 14.2. The number of rotatable bonds is 10. The summed E-state index contributed by atoms with van der Waals surface area (Å²) in [5.74, 6) is -12.7. The first-order valence-corrected chi connectivity index (χ1v) is 18.9. The number of aliphatic hydroxyl groups is 2. The molecule has 0 aliphatic carbocycles. The largest absolute Gasteiger partial charge is 0.392 e. The summed E-state index contributed by atoms with van der Waals surface area (Å²) in [5.41, 5.74) is 2.77. The van der Waals surface area contributed by atoms with Gasteiger partial charge in [-0.3, -0.25) is 4.79 Å². The predicted molar refractivity (Wildman–Crippen MR) is 203 cm³/mol. The molecule has 57 heavy (non-hydrogen) atoms. The van der Waals surface area contributed by atoms with Crippen molar-refractivity contribution in [1.82, 2.24) is 10.2 Å². The highest BCUT2D eigenvalue weighted by Gasteiger charge is 2.41. The maximum atomic E-state index is 14.2. The average molecular weight is 807 g/mol. The number of nitrogens with one attached hydrogen (secondary N) is 1. The number of likely N-dealkylation sites (tertiary alicyclic amines) is 1. The number of carbonyl (C=O) groups is 1. The van der Waals surface area contributed by atoms with E-state index < -0.39 is 52.4 Å². The van der Waals surface area contributed by atoms with E-state index in [1.807, 2.05) is 66.7 Å². The Labute approximate surface area is 331 Å². The lowest BCUT2D eigenvalue weighted by Crippen LogP contribution is -2.49. The third-order valence-electron chi connectivity index (χ3n) is 10.9. The van der Waals surface area contributed by atoms with Crippen molar-refractivity contribution >= 4 is 17.5 Å². The molecule has 0 saturated carbocycles. The van der Waals surface area contributed by atoms with Gasteiger partial charge in [0.2, 0.25) is 5.82 Å². The molecule has 1 amide bonds. The van der Waals surface area contributed by atoms with E-state index in [-0.39, 0.29) is 31.3 Å². The molecule has 4 atom stereocenters. The first kappa shape index (κ1) is 40.5. The number of benzene rings is 5. The first-order valence-electron chi connectivity index (χ1n) is 18.6. The van der Waals surface area contributed by atoms with Crippen molar-refractivity contribution in [2.45, 2.75) is 57.0 Å². The Morgan fingerprint density at radius 1 is 0.789 bits per heavy atom. The van der Waals surface area contributed by atoms with Crippen LogP contribution in [0.15, 0.2) is 97.1 Å². The second kappa shape index (κ2) is 17.0. The Morgan fingerprint density at radius 2 is 1.40 bits per heavy atom. The van der Waals surface area contributed by atoms with Gasteiger partial charge in [0.05, 0.1) is 24.4 Å². The van der Waals surface area contributed by atoms with Crippen LogP contribution in [0, 0.1) is 35.0 Å². The lowest BCUT2D eigenvalue weighted by Gasteiger charge is -2.45. The molecule has 0 radical (unpaired) electrons. The van der Waals surface area contributed by atoms with Crippen LogP contribution in [-0.4, -0.2) is 46.8 Å². The van der Waals surface area contributed by atoms with E-state index in [0.717, 1.165) is 33.4 Å². The van der Waals surface area contributed by atoms with Gasteiger partial charge in [-0.1, -0.05) is 91.3 Å². The summed E-state index contributed by atoms with van der Waals surface area (Å²) in [6.07, 6.45) is -0.298. The number of amides is 1. The molecule has 2 heterocycles. The van der Waals surface area contributed by atoms with E-state index in [4.69, 9.17) is 21.1 Å². The van der Waals surface area contributed by atoms with Gasteiger partial charge in [-0.25, -0.2) is 22.0 Å². The second-order valence-electron chi connectivity index (χ2n) is 14.6. The molecule has 0 bridgehead atoms. The summed E-state index contributed by atoms with van der Waals surface area (Å²) in [5, 5.41) is 24.0. The van der Waals surface area contributed by atoms with Crippen molar-refractivity contribution in [3.63, 3.8) is 0 Å². The number of ether oxygens (including phenoxy) is 2. The summed E-state index contributed by atoms with van der Waals surface area (Å²) in [4.78, 5) is 14.9. The number of carbonyl (C=O) groups excluding carboxylic acids is 1. The minimum Gasteiger partial charge on any atom is -0.392 e. The van der Waals surface area contributed by atoms with Gasteiger partial charge in [0.25, 0.3) is 5.91 Å². The van der Waals surface area contributed by atoms with Gasteiger partial charge in [0.15, 0.2) is 29.6 Å². The predicted octanol–water partition coefficient (Wildman–Crippen LogP) is 8.90. The van der Waals surface area contributed by atoms with Crippen molar-refractivity contribution in [3.8, 4) is 11.1 Å². The highest BCUT2D eigenvalue weighted by molar-refractivity contribution is 6.30. The number of piperidine rings is 1. The SMILES string of the molecule is C[C@H]1[C@@H](CN2CCC(O)(c3ccc(Cl)cc3)CC2)O[C@@H](c2cccc(-c3cccc(CNC(=O)c4c(F)c(F)c(F)c(F)c4F)c3)c2)O[C@H]1c1ccc(CO)cc1. The van der Waals surface area contributed by atoms with Gasteiger partial charge >= 0.3 is 0 Å². The van der Waals surface area contributed by atoms with Crippen molar-refractivity contribution in [3.05, 3.63) is 165 Å². The molecule has 3 N–H and O–H groups in total. The van der Waals surface area contributed by atoms with E-state index >= 15 is 0 Å². The molecule has 2 aliphatic rings. The van der Waals surface area contributed by atoms with E-state index in [1.54, 1.807) is 30.3 Å². The number of aliphatic hydroxyl groups excluding tert-OH is 1. The molecular weight excluding hydrogens is 767 g/mol. The highest BCUT2D eigenvalue weighted by Crippen LogP contribution is 2.43. The van der Waals surface area contributed by atoms with Crippen LogP contribution in [-0.2, 0) is 28.2 Å². The smallest absolute Gasteiger partial charge is 0.257 e. The van der Waals surface area contributed by atoms with Gasteiger partial charge in [-0.2, -0.15) is 0 Å². The molecule has 298 valence electrons. The van der Waals surface area contributed by atoms with Gasteiger partial charge < -0.3 is 29.9 Å². The van der Waals surface area contributed by atoms with Crippen LogP contribution in [0.4, 0.5) is 22.0 Å². The normalized spacial score (nSPS) is 21.0. The summed E-state index contributed by atoms with van der Waals surface area (Å²) >= 11 is 6.09. The van der Waals surface area contributed by atoms with Gasteiger partial charge in [0, 0.05) is 42.7 Å². The fourth-order valence-electron chi connectivity index (χ4n) is 7.54. The van der Waals surface area contributed by atoms with E-state index in [0.29, 0.717) is 43.1 Å². The van der Waals surface area contributed by atoms with Crippen LogP contribution in [0.2, 0.25) is 5.02 Å². The van der Waals surface area contributed by atoms with Crippen molar-refractivity contribution in [1.29, 1.82) is 0 Å². The molecule has 0 aromatic heterocycles. The Bertz CT molecular complexity index is 2210. The monoisotopic (exact) mass is 806 g/mol. The lowest BCUT2D eigenvalue weighted by molar-refractivity contribution is -0.277. The van der Waals surface area contributed by atoms with Gasteiger partial charge in [0.1, 0.15) is 5.56 Å². The maximum Gasteiger partial charge on any atom is 0.257 e. The van der Waals surface area contributed by atoms with Crippen LogP contribution < -0.4 is 5.32 Å². The molecule has 13 heteroatoms. The fraction of sp³-hybridized carbons (Fsp3) is 0.295. The molecule has 5 aromatic rings. The lowest BCUT2D eigenvalue weighted by atomic mass is 9.84. The fourth-order valence-corrected chi connectivity index (χ4v) is 7.66. The third kappa shape index (κ3) is 8.62. The van der Waals surface area contributed by atoms with E-state index in [2.05, 4.69) is 17.1 Å². The summed E-state index contributed by atoms with van der Waals surface area (Å²) in [6, 6.07) is 29.4. The molecule has 2 aliphatic heterocycles. The Balaban J connectivity index is 1.09. The summed E-state index contributed by atoms with van der Waals surface area (Å²) < 4.78 is 82.9. The summed E-state index contributed by atoms with van der Waals surface area (Å²) in [7, 11) is 0. The zero-order valence-electron chi connectivity index (χ0n) is 30.8. The molecular formula is C44H40ClF5N2O5. The van der Waals surface area contributed by atoms with E-state index in [1.165, 1.54) is 0 Å². The molecule has 5 aromatic carbocycles. The quantitative estimate of drug-likeness (QED) is 0.0743. The molecule has 2 saturated heterocycles. The molecule has 2 fully saturated rings. The molecule has 7 nitrogen and oxygen atoms in total. The zero-order chi connectivity index (χ0) is 40.4. The van der Waals surface area contributed by atoms with Crippen LogP contribution in [0.1, 0.15) is 70.3 Å². The Hall–Kier alpha value is -4.69. The number of halogens is 6. The molecule has 7 rings (SSSR count). The van der Waals surface area contributed by atoms with Crippen LogP contribution >= 0.6 is 11.6 Å². The number of nitrogens with zero attached hydrogens (tertiary/aromatic N) is 1. The van der Waals surface area contributed by atoms with Gasteiger partial charge in [-0.05, 0) is 70.5 Å². The zero-order valence-corrected chi connectivity index (χ0v) is 31.6. The first-order chi connectivity index (χ1) is 27.3. The Kier molecular flexibility index (Phi) is 12.1. The minimum atomic E-state index is -2.34. The van der Waals surface area contributed by atoms with E-state index in [9.17, 15) is 37.0 Å². The standard InChI is InChI=1S/C44H40ClF5N2O5/c1-25-34(23-52-18-16-44(55,17-19-52)32-12-14-33(45)15-13-32)56-43(57-41(25)28-10-8-26(24-53)9-11-28)31-7-3-6-30(21-31)29-5-2-4-27(20-29)22-51-42(54)35-36(46)38(48)40(50)39(49)37(35)47/h2-15,20-21,25,34,41,43,53,55H,16-19,22-24H2,1H3,(H,51,54)/t25-,34+,41+,43+/m0/s1. The molecule has 0 spiro atoms. The summed E-state index contributed by atoms with van der Waals surface area (Å²) in [6.45, 7) is 3.65.